The Kier molecular flexibility index (Phi) is 5.17. The van der Waals surface area contributed by atoms with E-state index in [9.17, 15) is 4.79 Å². The molecular formula is C24H28N2O3. The molecule has 0 aliphatic carbocycles. The molecule has 0 bridgehead atoms. The van der Waals surface area contributed by atoms with Crippen molar-refractivity contribution in [3.63, 3.8) is 0 Å². The molecule has 4 rings (SSSR count). The van der Waals surface area contributed by atoms with Gasteiger partial charge in [-0.3, -0.25) is 9.69 Å². The molecule has 0 saturated carbocycles. The number of carbonyl (C=O) groups is 1. The molecule has 1 fully saturated rings. The van der Waals surface area contributed by atoms with E-state index in [2.05, 4.69) is 79.4 Å². The summed E-state index contributed by atoms with van der Waals surface area (Å²) in [5.74, 6) is -0.910. The van der Waals surface area contributed by atoms with Crippen LogP contribution in [0.25, 0.3) is 0 Å². The Labute approximate surface area is 172 Å². The number of hydrogen-bond donors (Lipinski definition) is 1. The monoisotopic (exact) mass is 392 g/mol. The molecule has 1 saturated heterocycles. The molecule has 0 amide bonds. The lowest BCUT2D eigenvalue weighted by Crippen LogP contribution is -2.49. The minimum Gasteiger partial charge on any atom is -0.481 e. The second kappa shape index (κ2) is 7.64. The number of hydrogen-bond acceptors (Lipinski definition) is 4. The first-order valence-corrected chi connectivity index (χ1v) is 10.2. The van der Waals surface area contributed by atoms with Gasteiger partial charge in [-0.05, 0) is 27.7 Å². The summed E-state index contributed by atoms with van der Waals surface area (Å²) in [5, 5.41) is 13.3. The number of carboxylic acid groups (broad SMARTS) is 1. The molecule has 29 heavy (non-hydrogen) atoms. The molecule has 0 radical (unpaired) electrons. The third-order valence-corrected chi connectivity index (χ3v) is 5.82. The average molecular weight is 392 g/mol. The van der Waals surface area contributed by atoms with E-state index in [-0.39, 0.29) is 17.4 Å². The molecule has 5 heteroatoms. The fourth-order valence-electron chi connectivity index (χ4n) is 3.84. The number of nitrogens with zero attached hydrogens (tertiary/aromatic N) is 2. The summed E-state index contributed by atoms with van der Waals surface area (Å²) in [5.41, 5.74) is 5.84. The minimum atomic E-state index is -0.696. The van der Waals surface area contributed by atoms with Crippen molar-refractivity contribution in [2.24, 2.45) is 11.1 Å². The zero-order valence-corrected chi connectivity index (χ0v) is 17.3. The van der Waals surface area contributed by atoms with Crippen LogP contribution in [-0.4, -0.2) is 34.8 Å². The molecule has 1 N–H and O–H groups in total. The SMILES string of the molecule is CC(C)(C)c1ccc(C2CC(c3ccc(CN4CC(C(=O)O)C4)cc3)=NO2)cc1. The summed E-state index contributed by atoms with van der Waals surface area (Å²) >= 11 is 0. The van der Waals surface area contributed by atoms with Gasteiger partial charge in [0.2, 0.25) is 0 Å². The maximum Gasteiger partial charge on any atom is 0.309 e. The summed E-state index contributed by atoms with van der Waals surface area (Å²) in [6, 6.07) is 17.0. The second-order valence-corrected chi connectivity index (χ2v) is 9.13. The molecule has 0 spiro atoms. The van der Waals surface area contributed by atoms with Gasteiger partial charge in [0.05, 0.1) is 11.6 Å². The topological polar surface area (TPSA) is 62.1 Å². The van der Waals surface area contributed by atoms with E-state index >= 15 is 0 Å². The molecule has 1 unspecified atom stereocenters. The number of carboxylic acids is 1. The van der Waals surface area contributed by atoms with Gasteiger partial charge in [-0.25, -0.2) is 0 Å². The van der Waals surface area contributed by atoms with Gasteiger partial charge in [0, 0.05) is 26.1 Å². The van der Waals surface area contributed by atoms with Crippen LogP contribution in [0, 0.1) is 5.92 Å². The van der Waals surface area contributed by atoms with Crippen LogP contribution in [0.4, 0.5) is 0 Å². The van der Waals surface area contributed by atoms with Crippen LogP contribution in [0.3, 0.4) is 0 Å². The lowest BCUT2D eigenvalue weighted by molar-refractivity contribution is -0.147. The Morgan fingerprint density at radius 3 is 2.34 bits per heavy atom. The van der Waals surface area contributed by atoms with Crippen LogP contribution >= 0.6 is 0 Å². The lowest BCUT2D eigenvalue weighted by atomic mass is 9.86. The molecule has 2 aliphatic heterocycles. The second-order valence-electron chi connectivity index (χ2n) is 9.13. The molecule has 2 aromatic rings. The van der Waals surface area contributed by atoms with Crippen molar-refractivity contribution in [3.05, 3.63) is 70.8 Å². The van der Waals surface area contributed by atoms with Gasteiger partial charge >= 0.3 is 5.97 Å². The van der Waals surface area contributed by atoms with Crippen LogP contribution in [0.15, 0.2) is 53.7 Å². The molecule has 5 nitrogen and oxygen atoms in total. The predicted molar refractivity (Wildman–Crippen MR) is 113 cm³/mol. The van der Waals surface area contributed by atoms with Crippen LogP contribution in [0.1, 0.15) is 55.5 Å². The maximum atomic E-state index is 10.9. The highest BCUT2D eigenvalue weighted by atomic mass is 16.6. The standard InChI is InChI=1S/C24H28N2O3/c1-24(2,3)20-10-8-18(9-11-20)22-12-21(25-29-22)17-6-4-16(5-7-17)13-26-14-19(15-26)23(27)28/h4-11,19,22H,12-15H2,1-3H3,(H,27,28). The zero-order chi connectivity index (χ0) is 20.6. The van der Waals surface area contributed by atoms with E-state index in [0.29, 0.717) is 13.1 Å². The summed E-state index contributed by atoms with van der Waals surface area (Å²) in [6.07, 6.45) is 0.730. The fraction of sp³-hybridized carbons (Fsp3) is 0.417. The number of rotatable bonds is 5. The Morgan fingerprint density at radius 2 is 1.76 bits per heavy atom. The summed E-state index contributed by atoms with van der Waals surface area (Å²) in [4.78, 5) is 18.8. The third kappa shape index (κ3) is 4.35. The molecule has 0 aromatic heterocycles. The van der Waals surface area contributed by atoms with Crippen molar-refractivity contribution in [1.29, 1.82) is 0 Å². The third-order valence-electron chi connectivity index (χ3n) is 5.82. The van der Waals surface area contributed by atoms with Gasteiger partial charge in [-0.1, -0.05) is 74.5 Å². The van der Waals surface area contributed by atoms with Crippen molar-refractivity contribution in [3.8, 4) is 0 Å². The van der Waals surface area contributed by atoms with Gasteiger partial charge in [-0.2, -0.15) is 0 Å². The highest BCUT2D eigenvalue weighted by Crippen LogP contribution is 2.31. The van der Waals surface area contributed by atoms with E-state index in [1.165, 1.54) is 11.1 Å². The quantitative estimate of drug-likeness (QED) is 0.821. The number of oxime groups is 1. The highest BCUT2D eigenvalue weighted by Gasteiger charge is 2.32. The van der Waals surface area contributed by atoms with Crippen LogP contribution < -0.4 is 0 Å². The predicted octanol–water partition coefficient (Wildman–Crippen LogP) is 4.37. The van der Waals surface area contributed by atoms with Crippen molar-refractivity contribution in [2.75, 3.05) is 13.1 Å². The van der Waals surface area contributed by atoms with Crippen molar-refractivity contribution in [2.45, 2.75) is 45.3 Å². The first-order valence-electron chi connectivity index (χ1n) is 10.2. The highest BCUT2D eigenvalue weighted by molar-refractivity contribution is 6.01. The Hall–Kier alpha value is -2.66. The molecular weight excluding hydrogens is 364 g/mol. The number of likely N-dealkylation sites (tertiary alicyclic amines) is 1. The lowest BCUT2D eigenvalue weighted by Gasteiger charge is -2.36. The van der Waals surface area contributed by atoms with Gasteiger partial charge < -0.3 is 9.94 Å². The van der Waals surface area contributed by atoms with Crippen molar-refractivity contribution < 1.29 is 14.7 Å². The number of aliphatic carboxylic acids is 1. The maximum absolute atomic E-state index is 10.9. The molecule has 1 atom stereocenters. The van der Waals surface area contributed by atoms with E-state index in [0.717, 1.165) is 29.8 Å². The van der Waals surface area contributed by atoms with Gasteiger partial charge in [-0.15, -0.1) is 0 Å². The normalized spacial score (nSPS) is 20.1. The summed E-state index contributed by atoms with van der Waals surface area (Å²) in [7, 11) is 0. The summed E-state index contributed by atoms with van der Waals surface area (Å²) in [6.45, 7) is 8.69. The van der Waals surface area contributed by atoms with Crippen LogP contribution in [0.2, 0.25) is 0 Å². The zero-order valence-electron chi connectivity index (χ0n) is 17.3. The van der Waals surface area contributed by atoms with Gasteiger partial charge in [0.15, 0.2) is 6.10 Å². The van der Waals surface area contributed by atoms with E-state index in [1.54, 1.807) is 0 Å². The van der Waals surface area contributed by atoms with Crippen LogP contribution in [-0.2, 0) is 21.6 Å². The van der Waals surface area contributed by atoms with Gasteiger partial charge in [0.1, 0.15) is 0 Å². The largest absolute Gasteiger partial charge is 0.481 e. The Morgan fingerprint density at radius 1 is 1.10 bits per heavy atom. The van der Waals surface area contributed by atoms with E-state index in [4.69, 9.17) is 9.94 Å². The smallest absolute Gasteiger partial charge is 0.309 e. The number of benzene rings is 2. The molecule has 2 heterocycles. The molecule has 152 valence electrons. The fourth-order valence-corrected chi connectivity index (χ4v) is 3.84. The average Bonchev–Trinajstić information content (AvgIpc) is 3.14. The minimum absolute atomic E-state index is 0.0345. The molecule has 2 aliphatic rings. The van der Waals surface area contributed by atoms with Gasteiger partial charge in [0.25, 0.3) is 0 Å². The van der Waals surface area contributed by atoms with Crippen LogP contribution in [0.5, 0.6) is 0 Å². The van der Waals surface area contributed by atoms with Crippen molar-refractivity contribution >= 4 is 11.7 Å². The van der Waals surface area contributed by atoms with E-state index in [1.807, 2.05) is 0 Å². The van der Waals surface area contributed by atoms with E-state index < -0.39 is 5.97 Å². The Balaban J connectivity index is 1.34. The Bertz CT molecular complexity index is 905. The summed E-state index contributed by atoms with van der Waals surface area (Å²) < 4.78 is 0. The van der Waals surface area contributed by atoms with Crippen molar-refractivity contribution in [1.82, 2.24) is 4.90 Å². The first-order chi connectivity index (χ1) is 13.8. The first kappa shape index (κ1) is 19.6. The molecule has 2 aromatic carbocycles.